The molecule has 0 fully saturated rings. The Morgan fingerprint density at radius 3 is 1.31 bits per heavy atom. The van der Waals surface area contributed by atoms with E-state index in [1.807, 2.05) is 24.5 Å². The molecule has 0 atom stereocenters. The number of benzene rings is 7. The van der Waals surface area contributed by atoms with Crippen LogP contribution < -0.4 is 42.6 Å². The lowest BCUT2D eigenvalue weighted by Crippen LogP contribution is -2.65. The molecule has 4 aliphatic heterocycles. The highest BCUT2D eigenvalue weighted by Crippen LogP contribution is 2.48. The monoisotopic (exact) mass is 774 g/mol. The van der Waals surface area contributed by atoms with Gasteiger partial charge in [0.15, 0.2) is 0 Å². The summed E-state index contributed by atoms with van der Waals surface area (Å²) in [4.78, 5) is 15.1. The first-order valence-corrected chi connectivity index (χ1v) is 21.2. The number of aromatic nitrogens is 4. The van der Waals surface area contributed by atoms with E-state index in [-0.39, 0.29) is 13.4 Å². The van der Waals surface area contributed by atoms with E-state index in [1.165, 1.54) is 116 Å². The molecule has 11 aromatic rings. The van der Waals surface area contributed by atoms with Gasteiger partial charge in [-0.3, -0.25) is 9.80 Å². The third-order valence-corrected chi connectivity index (χ3v) is 14.1. The van der Waals surface area contributed by atoms with E-state index in [0.29, 0.717) is 0 Å². The predicted octanol–water partition coefficient (Wildman–Crippen LogP) is 8.20. The molecule has 0 unspecified atom stereocenters. The number of fused-ring (bicyclic) bond motifs is 16. The van der Waals surface area contributed by atoms with Crippen LogP contribution in [0.5, 0.6) is 0 Å². The largest absolute Gasteiger partial charge is 0.310 e. The number of hydrogen-bond donors (Lipinski definition) is 0. The van der Waals surface area contributed by atoms with Crippen molar-refractivity contribution in [3.05, 3.63) is 182 Å². The second-order valence-corrected chi connectivity index (χ2v) is 16.9. The van der Waals surface area contributed by atoms with Crippen LogP contribution in [0.1, 0.15) is 5.56 Å². The highest BCUT2D eigenvalue weighted by atomic mass is 15.2. The van der Waals surface area contributed by atoms with E-state index in [1.54, 1.807) is 0 Å². The van der Waals surface area contributed by atoms with Crippen molar-refractivity contribution < 1.29 is 0 Å². The van der Waals surface area contributed by atoms with Crippen LogP contribution in [0, 0.1) is 6.92 Å². The SMILES string of the molecule is Cc1c2c(cc3c1N(c1ccccn1)c1ccc4c5ccccc5n5c4c1B3c1ccccc1-5)B1c3ccccc3-n3c4ccccc4c4ccc(c1c43)N2c1ccccn1. The van der Waals surface area contributed by atoms with Gasteiger partial charge in [0.05, 0.1) is 22.1 Å². The fourth-order valence-electron chi connectivity index (χ4n) is 12.0. The summed E-state index contributed by atoms with van der Waals surface area (Å²) in [6, 6.07) is 60.5. The Hall–Kier alpha value is -7.83. The summed E-state index contributed by atoms with van der Waals surface area (Å²) < 4.78 is 5.04. The van der Waals surface area contributed by atoms with Gasteiger partial charge in [-0.25, -0.2) is 9.97 Å². The van der Waals surface area contributed by atoms with Gasteiger partial charge in [-0.15, -0.1) is 0 Å². The molecule has 15 rings (SSSR count). The van der Waals surface area contributed by atoms with Crippen LogP contribution in [-0.4, -0.2) is 32.5 Å². The van der Waals surface area contributed by atoms with Crippen molar-refractivity contribution in [1.29, 1.82) is 0 Å². The number of rotatable bonds is 2. The molecule has 0 amide bonds. The van der Waals surface area contributed by atoms with Gasteiger partial charge in [-0.1, -0.05) is 103 Å². The topological polar surface area (TPSA) is 42.1 Å². The summed E-state index contributed by atoms with van der Waals surface area (Å²) in [5, 5.41) is 5.10. The first-order valence-electron chi connectivity index (χ1n) is 21.2. The molecule has 8 heteroatoms. The normalized spacial score (nSPS) is 13.9. The van der Waals surface area contributed by atoms with Crippen molar-refractivity contribution in [2.45, 2.75) is 6.92 Å². The van der Waals surface area contributed by atoms with Gasteiger partial charge in [0, 0.05) is 68.1 Å². The van der Waals surface area contributed by atoms with E-state index in [4.69, 9.17) is 9.97 Å². The van der Waals surface area contributed by atoms with E-state index >= 15 is 0 Å². The van der Waals surface area contributed by atoms with Crippen molar-refractivity contribution in [2.24, 2.45) is 0 Å². The Morgan fingerprint density at radius 2 is 0.836 bits per heavy atom. The van der Waals surface area contributed by atoms with Crippen LogP contribution in [-0.2, 0) is 0 Å². The minimum atomic E-state index is -0.0172. The molecule has 61 heavy (non-hydrogen) atoms. The molecule has 6 nitrogen and oxygen atoms in total. The highest BCUT2D eigenvalue weighted by Gasteiger charge is 2.48. The second-order valence-electron chi connectivity index (χ2n) is 16.9. The fraction of sp³-hybridized carbons (Fsp3) is 0.0189. The van der Waals surface area contributed by atoms with Crippen LogP contribution in [0.15, 0.2) is 176 Å². The minimum Gasteiger partial charge on any atom is -0.310 e. The molecule has 0 saturated carbocycles. The second kappa shape index (κ2) is 11.3. The number of pyridine rings is 2. The van der Waals surface area contributed by atoms with Crippen LogP contribution in [0.2, 0.25) is 0 Å². The minimum absolute atomic E-state index is 0.0172. The van der Waals surface area contributed by atoms with Gasteiger partial charge in [-0.2, -0.15) is 0 Å². The Kier molecular flexibility index (Phi) is 5.92. The summed E-state index contributed by atoms with van der Waals surface area (Å²) in [7, 11) is 0. The summed E-state index contributed by atoms with van der Waals surface area (Å²) >= 11 is 0. The number of hydrogen-bond acceptors (Lipinski definition) is 4. The highest BCUT2D eigenvalue weighted by molar-refractivity contribution is 7.03. The van der Waals surface area contributed by atoms with Crippen LogP contribution in [0.3, 0.4) is 0 Å². The van der Waals surface area contributed by atoms with Gasteiger partial charge < -0.3 is 9.13 Å². The van der Waals surface area contributed by atoms with Crippen LogP contribution in [0.25, 0.3) is 55.0 Å². The maximum absolute atomic E-state index is 5.11. The zero-order valence-electron chi connectivity index (χ0n) is 33.1. The molecular weight excluding hydrogens is 742 g/mol. The molecule has 4 aliphatic rings. The Labute approximate surface area is 351 Å². The first kappa shape index (κ1) is 32.1. The lowest BCUT2D eigenvalue weighted by atomic mass is 9.30. The molecule has 0 aliphatic carbocycles. The number of nitrogens with zero attached hydrogens (tertiary/aromatic N) is 6. The van der Waals surface area contributed by atoms with E-state index < -0.39 is 0 Å². The quantitative estimate of drug-likeness (QED) is 0.166. The molecule has 7 aromatic carbocycles. The fourth-order valence-corrected chi connectivity index (χ4v) is 12.0. The Morgan fingerprint density at radius 1 is 0.393 bits per heavy atom. The van der Waals surface area contributed by atoms with Gasteiger partial charge in [-0.05, 0) is 106 Å². The molecular formula is C53H32B2N6. The van der Waals surface area contributed by atoms with Crippen molar-refractivity contribution in [3.63, 3.8) is 0 Å². The molecule has 4 aromatic heterocycles. The molecule has 280 valence electrons. The third kappa shape index (κ3) is 3.79. The van der Waals surface area contributed by atoms with Crippen molar-refractivity contribution in [3.8, 4) is 11.4 Å². The summed E-state index contributed by atoms with van der Waals surface area (Å²) in [5.74, 6) is 1.80. The van der Waals surface area contributed by atoms with Crippen molar-refractivity contribution in [1.82, 2.24) is 19.1 Å². The predicted molar refractivity (Wildman–Crippen MR) is 254 cm³/mol. The van der Waals surface area contributed by atoms with Crippen molar-refractivity contribution >= 4 is 124 Å². The Bertz CT molecular complexity index is 3520. The Balaban J connectivity index is 1.13. The van der Waals surface area contributed by atoms with Gasteiger partial charge in [0.2, 0.25) is 0 Å². The smallest absolute Gasteiger partial charge is 0.252 e. The standard InChI is InChI=1S/C53H32B2N6/c1-31-50-38(54-36-16-4-8-20-42(36)58-40-18-6-2-14-32(40)34-24-26-44(48(54)52(34)58)60(50)46-22-10-12-28-56-46)30-39-51(31)61(47-23-11-13-29-57-47)45-27-25-35-33-15-3-7-19-41(33)59-43-21-9-5-17-37(43)55(39)49(45)53(35)59/h2-30H,1H3. The average molecular weight is 775 g/mol. The maximum Gasteiger partial charge on any atom is 0.252 e. The zero-order chi connectivity index (χ0) is 39.7. The van der Waals surface area contributed by atoms with E-state index in [9.17, 15) is 0 Å². The summed E-state index contributed by atoms with van der Waals surface area (Å²) in [6.07, 6.45) is 3.84. The summed E-state index contributed by atoms with van der Waals surface area (Å²) in [6.45, 7) is 2.31. The van der Waals surface area contributed by atoms with Gasteiger partial charge >= 0.3 is 0 Å². The lowest BCUT2D eigenvalue weighted by molar-refractivity contribution is 1.14. The van der Waals surface area contributed by atoms with Crippen LogP contribution in [0.4, 0.5) is 34.4 Å². The molecule has 0 radical (unpaired) electrons. The molecule has 0 bridgehead atoms. The van der Waals surface area contributed by atoms with Crippen LogP contribution >= 0.6 is 0 Å². The molecule has 8 heterocycles. The summed E-state index contributed by atoms with van der Waals surface area (Å²) in [5.41, 5.74) is 21.3. The average Bonchev–Trinajstić information content (AvgIpc) is 3.85. The molecule has 0 N–H and O–H groups in total. The lowest BCUT2D eigenvalue weighted by Gasteiger charge is -2.45. The molecule has 0 saturated heterocycles. The number of para-hydroxylation sites is 4. The van der Waals surface area contributed by atoms with Gasteiger partial charge in [0.25, 0.3) is 13.4 Å². The van der Waals surface area contributed by atoms with Crippen molar-refractivity contribution in [2.75, 3.05) is 9.80 Å². The molecule has 0 spiro atoms. The number of anilines is 6. The van der Waals surface area contributed by atoms with E-state index in [0.717, 1.165) is 11.6 Å². The maximum atomic E-state index is 5.11. The third-order valence-electron chi connectivity index (χ3n) is 14.1. The van der Waals surface area contributed by atoms with Gasteiger partial charge in [0.1, 0.15) is 11.6 Å². The first-order chi connectivity index (χ1) is 30.3. The zero-order valence-corrected chi connectivity index (χ0v) is 33.1. The van der Waals surface area contributed by atoms with E-state index in [2.05, 4.69) is 178 Å².